The minimum atomic E-state index is -0.782. The highest BCUT2D eigenvalue weighted by atomic mass is 16.5. The Morgan fingerprint density at radius 3 is 2.18 bits per heavy atom. The van der Waals surface area contributed by atoms with Gasteiger partial charge in [0.15, 0.2) is 0 Å². The number of fused-ring (bicyclic) bond motifs is 3. The standard InChI is InChI=1S/C27H34N2O5/c1-2-11-24(26(32)28-17-10-4-3-5-16-25(30)31)29-27(33)34-18-23-21-14-8-6-12-19(21)20-13-7-9-15-22(20)23/h6-9,12-15,23-24H,2-5,10-11,16-18H2,1H3,(H,28,32)(H,29,33)(H,30,31)/t24-/m1/s1. The largest absolute Gasteiger partial charge is 0.481 e. The number of carboxylic acids is 1. The summed E-state index contributed by atoms with van der Waals surface area (Å²) in [5, 5.41) is 14.3. The number of alkyl carbamates (subject to hydrolysis) is 1. The van der Waals surface area contributed by atoms with Crippen molar-refractivity contribution in [3.63, 3.8) is 0 Å². The Morgan fingerprint density at radius 2 is 1.56 bits per heavy atom. The van der Waals surface area contributed by atoms with Crippen molar-refractivity contribution < 1.29 is 24.2 Å². The molecule has 1 atom stereocenters. The highest BCUT2D eigenvalue weighted by Crippen LogP contribution is 2.44. The summed E-state index contributed by atoms with van der Waals surface area (Å²) >= 11 is 0. The van der Waals surface area contributed by atoms with Gasteiger partial charge in [0.25, 0.3) is 0 Å². The van der Waals surface area contributed by atoms with E-state index < -0.39 is 18.1 Å². The highest BCUT2D eigenvalue weighted by molar-refractivity contribution is 5.85. The summed E-state index contributed by atoms with van der Waals surface area (Å²) in [4.78, 5) is 35.7. The van der Waals surface area contributed by atoms with Gasteiger partial charge in [0, 0.05) is 18.9 Å². The number of benzene rings is 2. The van der Waals surface area contributed by atoms with E-state index in [2.05, 4.69) is 34.9 Å². The first kappa shape index (κ1) is 25.3. The maximum absolute atomic E-state index is 12.6. The van der Waals surface area contributed by atoms with Crippen molar-refractivity contribution in [3.05, 3.63) is 59.7 Å². The fourth-order valence-corrected chi connectivity index (χ4v) is 4.43. The number of amides is 2. The number of aliphatic carboxylic acids is 1. The second-order valence-electron chi connectivity index (χ2n) is 8.66. The minimum Gasteiger partial charge on any atom is -0.481 e. The van der Waals surface area contributed by atoms with Crippen molar-refractivity contribution >= 4 is 18.0 Å². The average Bonchev–Trinajstić information content (AvgIpc) is 3.15. The summed E-state index contributed by atoms with van der Waals surface area (Å²) in [6, 6.07) is 15.7. The van der Waals surface area contributed by atoms with Crippen LogP contribution in [0.2, 0.25) is 0 Å². The zero-order valence-electron chi connectivity index (χ0n) is 19.7. The normalized spacial score (nSPS) is 13.0. The maximum Gasteiger partial charge on any atom is 0.407 e. The second-order valence-corrected chi connectivity index (χ2v) is 8.66. The van der Waals surface area contributed by atoms with Crippen LogP contribution in [0.3, 0.4) is 0 Å². The van der Waals surface area contributed by atoms with Gasteiger partial charge < -0.3 is 20.5 Å². The van der Waals surface area contributed by atoms with E-state index in [1.54, 1.807) is 0 Å². The minimum absolute atomic E-state index is 0.0299. The molecule has 0 aromatic heterocycles. The zero-order valence-corrected chi connectivity index (χ0v) is 19.7. The number of carbonyl (C=O) groups excluding carboxylic acids is 2. The fraction of sp³-hybridized carbons (Fsp3) is 0.444. The van der Waals surface area contributed by atoms with E-state index in [0.29, 0.717) is 19.4 Å². The number of carbonyl (C=O) groups is 3. The van der Waals surface area contributed by atoms with Crippen LogP contribution in [0.1, 0.15) is 68.9 Å². The molecule has 1 aliphatic carbocycles. The number of unbranched alkanes of at least 4 members (excludes halogenated alkanes) is 3. The van der Waals surface area contributed by atoms with Crippen LogP contribution >= 0.6 is 0 Å². The van der Waals surface area contributed by atoms with Crippen molar-refractivity contribution in [1.82, 2.24) is 10.6 Å². The van der Waals surface area contributed by atoms with Crippen LogP contribution in [-0.4, -0.2) is 42.3 Å². The number of hydrogen-bond acceptors (Lipinski definition) is 4. The molecular formula is C27H34N2O5. The molecule has 2 aromatic rings. The number of hydrogen-bond donors (Lipinski definition) is 3. The van der Waals surface area contributed by atoms with Crippen LogP contribution in [0.25, 0.3) is 11.1 Å². The van der Waals surface area contributed by atoms with Crippen LogP contribution in [0.4, 0.5) is 4.79 Å². The summed E-state index contributed by atoms with van der Waals surface area (Å²) in [7, 11) is 0. The number of rotatable bonds is 13. The zero-order chi connectivity index (χ0) is 24.3. The third-order valence-electron chi connectivity index (χ3n) is 6.15. The molecule has 3 N–H and O–H groups in total. The molecule has 7 nitrogen and oxygen atoms in total. The maximum atomic E-state index is 12.6. The third-order valence-corrected chi connectivity index (χ3v) is 6.15. The van der Waals surface area contributed by atoms with Crippen molar-refractivity contribution in [1.29, 1.82) is 0 Å². The van der Waals surface area contributed by atoms with Gasteiger partial charge >= 0.3 is 12.1 Å². The molecule has 0 spiro atoms. The molecule has 34 heavy (non-hydrogen) atoms. The van der Waals surface area contributed by atoms with Crippen LogP contribution in [0, 0.1) is 0 Å². The molecular weight excluding hydrogens is 432 g/mol. The van der Waals surface area contributed by atoms with Gasteiger partial charge in [-0.3, -0.25) is 9.59 Å². The van der Waals surface area contributed by atoms with Gasteiger partial charge in [-0.1, -0.05) is 74.7 Å². The Kier molecular flexibility index (Phi) is 9.50. The Bertz CT molecular complexity index is 945. The molecule has 2 aromatic carbocycles. The molecule has 0 bridgehead atoms. The van der Waals surface area contributed by atoms with Gasteiger partial charge in [-0.05, 0) is 41.5 Å². The smallest absolute Gasteiger partial charge is 0.407 e. The molecule has 0 heterocycles. The number of ether oxygens (including phenoxy) is 1. The summed E-state index contributed by atoms with van der Waals surface area (Å²) < 4.78 is 5.58. The van der Waals surface area contributed by atoms with Crippen molar-refractivity contribution in [3.8, 4) is 11.1 Å². The van der Waals surface area contributed by atoms with Crippen molar-refractivity contribution in [2.45, 2.75) is 63.8 Å². The first-order valence-corrected chi connectivity index (χ1v) is 12.1. The topological polar surface area (TPSA) is 105 Å². The molecule has 0 fully saturated rings. The Labute approximate surface area is 200 Å². The molecule has 0 radical (unpaired) electrons. The lowest BCUT2D eigenvalue weighted by Crippen LogP contribution is -2.47. The summed E-state index contributed by atoms with van der Waals surface area (Å²) in [6.45, 7) is 2.66. The van der Waals surface area contributed by atoms with E-state index >= 15 is 0 Å². The molecule has 3 rings (SSSR count). The van der Waals surface area contributed by atoms with Gasteiger partial charge in [0.2, 0.25) is 5.91 Å². The molecule has 2 amide bonds. The lowest BCUT2D eigenvalue weighted by atomic mass is 9.98. The van der Waals surface area contributed by atoms with E-state index in [0.717, 1.165) is 36.8 Å². The average molecular weight is 467 g/mol. The Hall–Kier alpha value is -3.35. The van der Waals surface area contributed by atoms with Gasteiger partial charge in [-0.15, -0.1) is 0 Å². The molecule has 1 aliphatic rings. The van der Waals surface area contributed by atoms with E-state index in [9.17, 15) is 14.4 Å². The summed E-state index contributed by atoms with van der Waals surface area (Å²) in [5.74, 6) is -1.03. The summed E-state index contributed by atoms with van der Waals surface area (Å²) in [5.41, 5.74) is 4.61. The summed E-state index contributed by atoms with van der Waals surface area (Å²) in [6.07, 6.45) is 3.94. The molecule has 0 unspecified atom stereocenters. The predicted octanol–water partition coefficient (Wildman–Crippen LogP) is 4.85. The van der Waals surface area contributed by atoms with Crippen LogP contribution in [0.15, 0.2) is 48.5 Å². The first-order valence-electron chi connectivity index (χ1n) is 12.1. The molecule has 0 aliphatic heterocycles. The Morgan fingerprint density at radius 1 is 0.941 bits per heavy atom. The molecule has 0 saturated heterocycles. The van der Waals surface area contributed by atoms with Gasteiger partial charge in [0.1, 0.15) is 12.6 Å². The van der Waals surface area contributed by atoms with Crippen LogP contribution in [-0.2, 0) is 14.3 Å². The van der Waals surface area contributed by atoms with Crippen LogP contribution in [0.5, 0.6) is 0 Å². The van der Waals surface area contributed by atoms with E-state index in [4.69, 9.17) is 9.84 Å². The van der Waals surface area contributed by atoms with Crippen molar-refractivity contribution in [2.75, 3.05) is 13.2 Å². The predicted molar refractivity (Wildman–Crippen MR) is 131 cm³/mol. The Balaban J connectivity index is 1.47. The van der Waals surface area contributed by atoms with Gasteiger partial charge in [-0.25, -0.2) is 4.79 Å². The lowest BCUT2D eigenvalue weighted by molar-refractivity contribution is -0.137. The molecule has 0 saturated carbocycles. The van der Waals surface area contributed by atoms with Gasteiger partial charge in [0.05, 0.1) is 0 Å². The van der Waals surface area contributed by atoms with Crippen molar-refractivity contribution in [2.24, 2.45) is 0 Å². The highest BCUT2D eigenvalue weighted by Gasteiger charge is 2.29. The molecule has 7 heteroatoms. The number of carboxylic acid groups (broad SMARTS) is 1. The van der Waals surface area contributed by atoms with E-state index in [1.807, 2.05) is 31.2 Å². The quantitative estimate of drug-likeness (QED) is 0.366. The number of nitrogens with one attached hydrogen (secondary N) is 2. The lowest BCUT2D eigenvalue weighted by Gasteiger charge is -2.19. The van der Waals surface area contributed by atoms with E-state index in [1.165, 1.54) is 11.1 Å². The molecule has 182 valence electrons. The third kappa shape index (κ3) is 6.83. The SMILES string of the molecule is CCC[C@@H](NC(=O)OCC1c2ccccc2-c2ccccc21)C(=O)NCCCCCCC(=O)O. The van der Waals surface area contributed by atoms with E-state index in [-0.39, 0.29) is 24.9 Å². The first-order chi connectivity index (χ1) is 16.5. The van der Waals surface area contributed by atoms with Gasteiger partial charge in [-0.2, -0.15) is 0 Å². The monoisotopic (exact) mass is 466 g/mol. The second kappa shape index (κ2) is 12.8. The fourth-order valence-electron chi connectivity index (χ4n) is 4.43. The van der Waals surface area contributed by atoms with Crippen LogP contribution < -0.4 is 10.6 Å².